The van der Waals surface area contributed by atoms with E-state index in [1.54, 1.807) is 7.11 Å². The normalized spacial score (nSPS) is 24.4. The Balaban J connectivity index is 1.81. The van der Waals surface area contributed by atoms with Crippen LogP contribution in [0.5, 0.6) is 0 Å². The molecule has 1 fully saturated rings. The van der Waals surface area contributed by atoms with E-state index in [1.807, 2.05) is 12.1 Å². The highest BCUT2D eigenvalue weighted by Crippen LogP contribution is 2.23. The molecule has 0 aromatic heterocycles. The molecule has 2 heterocycles. The molecule has 1 atom stereocenters. The van der Waals surface area contributed by atoms with Crippen LogP contribution in [0.4, 0.5) is 0 Å². The van der Waals surface area contributed by atoms with Crippen LogP contribution in [0, 0.1) is 0 Å². The lowest BCUT2D eigenvalue weighted by atomic mass is 10.1. The molecule has 4 nitrogen and oxygen atoms in total. The van der Waals surface area contributed by atoms with Gasteiger partial charge >= 0.3 is 0 Å². The van der Waals surface area contributed by atoms with Crippen LogP contribution in [0.1, 0.15) is 24.0 Å². The fourth-order valence-corrected chi connectivity index (χ4v) is 2.59. The van der Waals surface area contributed by atoms with Gasteiger partial charge in [0.1, 0.15) is 6.61 Å². The molecule has 1 aromatic carbocycles. The molecule has 1 aromatic rings. The third-order valence-electron chi connectivity index (χ3n) is 3.54. The van der Waals surface area contributed by atoms with E-state index in [0.29, 0.717) is 12.6 Å². The number of fused-ring (bicyclic) bond motifs is 1. The molecule has 3 rings (SSSR count). The first-order chi connectivity index (χ1) is 8.88. The summed E-state index contributed by atoms with van der Waals surface area (Å²) in [5.74, 6) is 0.758. The number of hydrogen-bond acceptors (Lipinski definition) is 4. The number of hydrogen-bond donors (Lipinski definition) is 0. The molecule has 0 N–H and O–H groups in total. The Labute approximate surface area is 107 Å². The zero-order chi connectivity index (χ0) is 12.4. The molecule has 0 spiro atoms. The maximum absolute atomic E-state index is 5.68. The van der Waals surface area contributed by atoms with Crippen LogP contribution in [0.2, 0.25) is 0 Å². The SMILES string of the molecule is COC[C@@H]1CCCN1N=C1OCc2ccccc21. The van der Waals surface area contributed by atoms with E-state index in [9.17, 15) is 0 Å². The number of rotatable bonds is 3. The van der Waals surface area contributed by atoms with Crippen LogP contribution >= 0.6 is 0 Å². The topological polar surface area (TPSA) is 34.1 Å². The van der Waals surface area contributed by atoms with Crippen molar-refractivity contribution in [3.63, 3.8) is 0 Å². The molecule has 0 saturated carbocycles. The van der Waals surface area contributed by atoms with E-state index in [4.69, 9.17) is 9.47 Å². The molecule has 2 aliphatic heterocycles. The van der Waals surface area contributed by atoms with Crippen LogP contribution in [-0.4, -0.2) is 37.2 Å². The van der Waals surface area contributed by atoms with Gasteiger partial charge in [-0.1, -0.05) is 18.2 Å². The smallest absolute Gasteiger partial charge is 0.238 e. The molecule has 0 unspecified atom stereocenters. The van der Waals surface area contributed by atoms with E-state index in [1.165, 1.54) is 12.0 Å². The summed E-state index contributed by atoms with van der Waals surface area (Å²) in [4.78, 5) is 0. The van der Waals surface area contributed by atoms with Gasteiger partial charge in [-0.05, 0) is 18.9 Å². The Morgan fingerprint density at radius 3 is 3.22 bits per heavy atom. The van der Waals surface area contributed by atoms with E-state index >= 15 is 0 Å². The fourth-order valence-electron chi connectivity index (χ4n) is 2.59. The number of ether oxygens (including phenoxy) is 2. The van der Waals surface area contributed by atoms with E-state index < -0.39 is 0 Å². The van der Waals surface area contributed by atoms with Crippen molar-refractivity contribution in [2.75, 3.05) is 20.3 Å². The van der Waals surface area contributed by atoms with Gasteiger partial charge in [-0.25, -0.2) is 0 Å². The van der Waals surface area contributed by atoms with E-state index in [2.05, 4.69) is 22.2 Å². The molecular weight excluding hydrogens is 228 g/mol. The Morgan fingerprint density at radius 1 is 1.44 bits per heavy atom. The molecule has 0 bridgehead atoms. The number of nitrogens with zero attached hydrogens (tertiary/aromatic N) is 2. The summed E-state index contributed by atoms with van der Waals surface area (Å²) in [5.41, 5.74) is 2.35. The first-order valence-electron chi connectivity index (χ1n) is 6.44. The fraction of sp³-hybridized carbons (Fsp3) is 0.500. The van der Waals surface area contributed by atoms with Gasteiger partial charge in [-0.3, -0.25) is 5.01 Å². The zero-order valence-corrected chi connectivity index (χ0v) is 10.6. The van der Waals surface area contributed by atoms with Crippen molar-refractivity contribution in [1.82, 2.24) is 5.01 Å². The summed E-state index contributed by atoms with van der Waals surface area (Å²) in [6, 6.07) is 8.62. The summed E-state index contributed by atoms with van der Waals surface area (Å²) in [6.45, 7) is 2.36. The molecule has 0 aliphatic carbocycles. The second-order valence-electron chi connectivity index (χ2n) is 4.77. The largest absolute Gasteiger partial charge is 0.471 e. The van der Waals surface area contributed by atoms with E-state index in [-0.39, 0.29) is 0 Å². The molecule has 96 valence electrons. The minimum Gasteiger partial charge on any atom is -0.471 e. The van der Waals surface area contributed by atoms with Crippen LogP contribution < -0.4 is 0 Å². The van der Waals surface area contributed by atoms with Crippen LogP contribution in [-0.2, 0) is 16.1 Å². The average molecular weight is 246 g/mol. The summed E-state index contributed by atoms with van der Waals surface area (Å²) >= 11 is 0. The number of hydrazone groups is 1. The standard InChI is InChI=1S/C14H18N2O2/c1-17-10-12-6-4-8-16(12)15-14-13-7-3-2-5-11(13)9-18-14/h2-3,5,7,12H,4,6,8-10H2,1H3/t12-/m0/s1. The van der Waals surface area contributed by atoms with Crippen molar-refractivity contribution >= 4 is 5.90 Å². The lowest BCUT2D eigenvalue weighted by molar-refractivity contribution is 0.115. The minimum absolute atomic E-state index is 0.388. The van der Waals surface area contributed by atoms with E-state index in [0.717, 1.165) is 31.0 Å². The van der Waals surface area contributed by atoms with Gasteiger partial charge < -0.3 is 9.47 Å². The number of methoxy groups -OCH3 is 1. The summed E-state index contributed by atoms with van der Waals surface area (Å²) in [7, 11) is 1.74. The summed E-state index contributed by atoms with van der Waals surface area (Å²) in [6.07, 6.45) is 2.32. The lowest BCUT2D eigenvalue weighted by Crippen LogP contribution is -2.29. The monoisotopic (exact) mass is 246 g/mol. The summed E-state index contributed by atoms with van der Waals surface area (Å²) < 4.78 is 10.9. The average Bonchev–Trinajstić information content (AvgIpc) is 2.99. The quantitative estimate of drug-likeness (QED) is 0.818. The van der Waals surface area contributed by atoms with Gasteiger partial charge in [0.15, 0.2) is 0 Å². The van der Waals surface area contributed by atoms with Crippen molar-refractivity contribution < 1.29 is 9.47 Å². The Kier molecular flexibility index (Phi) is 3.19. The number of benzene rings is 1. The third-order valence-corrected chi connectivity index (χ3v) is 3.54. The van der Waals surface area contributed by atoms with Crippen molar-refractivity contribution in [2.45, 2.75) is 25.5 Å². The molecular formula is C14H18N2O2. The predicted molar refractivity (Wildman–Crippen MR) is 69.4 cm³/mol. The van der Waals surface area contributed by atoms with Crippen molar-refractivity contribution in [3.05, 3.63) is 35.4 Å². The van der Waals surface area contributed by atoms with Crippen molar-refractivity contribution in [3.8, 4) is 0 Å². The highest BCUT2D eigenvalue weighted by atomic mass is 16.5. The maximum Gasteiger partial charge on any atom is 0.238 e. The zero-order valence-electron chi connectivity index (χ0n) is 10.6. The molecule has 4 heteroatoms. The van der Waals surface area contributed by atoms with Gasteiger partial charge in [-0.15, -0.1) is 5.10 Å². The lowest BCUT2D eigenvalue weighted by Gasteiger charge is -2.20. The first-order valence-corrected chi connectivity index (χ1v) is 6.44. The summed E-state index contributed by atoms with van der Waals surface area (Å²) in [5, 5.41) is 6.78. The highest BCUT2D eigenvalue weighted by Gasteiger charge is 2.26. The third kappa shape index (κ3) is 2.08. The maximum atomic E-state index is 5.68. The Hall–Kier alpha value is -1.55. The van der Waals surface area contributed by atoms with Crippen LogP contribution in [0.15, 0.2) is 29.4 Å². The molecule has 0 radical (unpaired) electrons. The van der Waals surface area contributed by atoms with Crippen molar-refractivity contribution in [2.24, 2.45) is 5.10 Å². The van der Waals surface area contributed by atoms with Gasteiger partial charge in [-0.2, -0.15) is 0 Å². The van der Waals surface area contributed by atoms with Gasteiger partial charge in [0.25, 0.3) is 0 Å². The van der Waals surface area contributed by atoms with Gasteiger partial charge in [0.2, 0.25) is 5.90 Å². The van der Waals surface area contributed by atoms with Gasteiger partial charge in [0, 0.05) is 24.8 Å². The Bertz CT molecular complexity index is 459. The molecule has 1 saturated heterocycles. The minimum atomic E-state index is 0.388. The molecule has 0 amide bonds. The Morgan fingerprint density at radius 2 is 2.33 bits per heavy atom. The second kappa shape index (κ2) is 4.98. The second-order valence-corrected chi connectivity index (χ2v) is 4.77. The molecule has 18 heavy (non-hydrogen) atoms. The van der Waals surface area contributed by atoms with Gasteiger partial charge in [0.05, 0.1) is 12.6 Å². The first kappa shape index (κ1) is 11.5. The highest BCUT2D eigenvalue weighted by molar-refractivity contribution is 5.97. The van der Waals surface area contributed by atoms with Crippen molar-refractivity contribution in [1.29, 1.82) is 0 Å². The molecule has 2 aliphatic rings. The predicted octanol–water partition coefficient (Wildman–Crippen LogP) is 1.99. The van der Waals surface area contributed by atoms with Crippen LogP contribution in [0.25, 0.3) is 0 Å². The van der Waals surface area contributed by atoms with Crippen LogP contribution in [0.3, 0.4) is 0 Å².